The molecule has 0 radical (unpaired) electrons. The Kier molecular flexibility index (Phi) is 5.11. The average molecular weight is 347 g/mol. The highest BCUT2D eigenvalue weighted by atomic mass is 35.5. The maximum Gasteiger partial charge on any atom is 0.455 e. The quantitative estimate of drug-likeness (QED) is 0.617. The van der Waals surface area contributed by atoms with Crippen LogP contribution in [-0.4, -0.2) is 35.9 Å². The highest BCUT2D eigenvalue weighted by Crippen LogP contribution is 2.34. The third-order valence-corrected chi connectivity index (χ3v) is 2.60. The Morgan fingerprint density at radius 1 is 1.23 bits per heavy atom. The molecule has 0 aromatic carbocycles. The number of nitrogens with zero attached hydrogens (tertiary/aromatic N) is 2. The molecule has 1 aromatic rings. The number of ketones is 1. The first-order valence-electron chi connectivity index (χ1n) is 5.57. The van der Waals surface area contributed by atoms with Crippen LogP contribution in [0.15, 0.2) is 18.5 Å². The van der Waals surface area contributed by atoms with Gasteiger partial charge in [0.15, 0.2) is 0 Å². The van der Waals surface area contributed by atoms with Gasteiger partial charge in [0.2, 0.25) is 0 Å². The largest absolute Gasteiger partial charge is 0.455 e. The van der Waals surface area contributed by atoms with Gasteiger partial charge >= 0.3 is 12.4 Å². The summed E-state index contributed by atoms with van der Waals surface area (Å²) in [6, 6.07) is 0.414. The van der Waals surface area contributed by atoms with E-state index in [4.69, 9.17) is 11.6 Å². The van der Waals surface area contributed by atoms with Crippen LogP contribution in [0.3, 0.4) is 0 Å². The molecular formula is C12H9ClF6N2O. The summed E-state index contributed by atoms with van der Waals surface area (Å²) in [5, 5.41) is -0.708. The summed E-state index contributed by atoms with van der Waals surface area (Å²) in [6.07, 6.45) is -8.87. The Hall–Kier alpha value is -1.77. The van der Waals surface area contributed by atoms with Crippen LogP contribution in [0.25, 0.3) is 5.57 Å². The van der Waals surface area contributed by atoms with Crippen molar-refractivity contribution >= 4 is 23.0 Å². The monoisotopic (exact) mass is 346 g/mol. The maximum atomic E-state index is 12.6. The van der Waals surface area contributed by atoms with Crippen molar-refractivity contribution in [3.63, 3.8) is 0 Å². The van der Waals surface area contributed by atoms with Crippen molar-refractivity contribution in [1.29, 1.82) is 0 Å². The van der Waals surface area contributed by atoms with Crippen LogP contribution in [0.2, 0.25) is 5.02 Å². The fraction of sp³-hybridized carbons (Fsp3) is 0.333. The van der Waals surface area contributed by atoms with E-state index in [2.05, 4.69) is 4.98 Å². The van der Waals surface area contributed by atoms with Gasteiger partial charge in [-0.2, -0.15) is 26.3 Å². The maximum absolute atomic E-state index is 12.6. The van der Waals surface area contributed by atoms with E-state index in [1.165, 1.54) is 14.1 Å². The van der Waals surface area contributed by atoms with Gasteiger partial charge in [0.1, 0.15) is 0 Å². The predicted octanol–water partition coefficient (Wildman–Crippen LogP) is 3.79. The van der Waals surface area contributed by atoms with Crippen LogP contribution in [0.5, 0.6) is 0 Å². The number of rotatable bonds is 3. The molecule has 122 valence electrons. The Bertz CT molecular complexity index is 607. The SMILES string of the molecule is CN(C)/C=C(\C(=O)C(F)(F)F)c1ncc(C(F)(F)F)cc1Cl. The molecule has 0 unspecified atom stereocenters. The average Bonchev–Trinajstić information content (AvgIpc) is 2.33. The molecule has 0 fully saturated rings. The minimum Gasteiger partial charge on any atom is -0.383 e. The normalized spacial score (nSPS) is 13.2. The minimum absolute atomic E-state index is 0.314. The molecule has 0 N–H and O–H groups in total. The third-order valence-electron chi connectivity index (χ3n) is 2.31. The molecule has 0 atom stereocenters. The molecule has 3 nitrogen and oxygen atoms in total. The van der Waals surface area contributed by atoms with Crippen LogP contribution in [0.4, 0.5) is 26.3 Å². The fourth-order valence-electron chi connectivity index (χ4n) is 1.43. The molecular weight excluding hydrogens is 338 g/mol. The van der Waals surface area contributed by atoms with Crippen molar-refractivity contribution in [2.75, 3.05) is 14.1 Å². The number of hydrogen-bond donors (Lipinski definition) is 0. The summed E-state index contributed by atoms with van der Waals surface area (Å²) in [5.41, 5.74) is -2.85. The van der Waals surface area contributed by atoms with Crippen LogP contribution in [0.1, 0.15) is 11.3 Å². The van der Waals surface area contributed by atoms with Crippen molar-refractivity contribution in [3.8, 4) is 0 Å². The summed E-state index contributed by atoms with van der Waals surface area (Å²) in [5.74, 6) is -2.25. The van der Waals surface area contributed by atoms with Crippen molar-refractivity contribution in [3.05, 3.63) is 34.7 Å². The molecule has 22 heavy (non-hydrogen) atoms. The second-order valence-electron chi connectivity index (χ2n) is 4.39. The lowest BCUT2D eigenvalue weighted by Crippen LogP contribution is -2.25. The molecule has 1 aromatic heterocycles. The number of halogens is 7. The van der Waals surface area contributed by atoms with Gasteiger partial charge < -0.3 is 4.90 Å². The number of pyridine rings is 1. The van der Waals surface area contributed by atoms with Crippen LogP contribution in [0, 0.1) is 0 Å². The molecule has 10 heteroatoms. The topological polar surface area (TPSA) is 33.2 Å². The van der Waals surface area contributed by atoms with Gasteiger partial charge in [0.25, 0.3) is 5.78 Å². The molecule has 1 rings (SSSR count). The van der Waals surface area contributed by atoms with E-state index in [0.717, 1.165) is 11.1 Å². The zero-order chi connectivity index (χ0) is 17.3. The van der Waals surface area contributed by atoms with Gasteiger partial charge in [-0.05, 0) is 6.07 Å². The number of hydrogen-bond acceptors (Lipinski definition) is 3. The van der Waals surface area contributed by atoms with E-state index in [9.17, 15) is 31.1 Å². The van der Waals surface area contributed by atoms with Crippen molar-refractivity contribution in [2.24, 2.45) is 0 Å². The second kappa shape index (κ2) is 6.15. The smallest absolute Gasteiger partial charge is 0.383 e. The molecule has 0 aliphatic heterocycles. The van der Waals surface area contributed by atoms with Gasteiger partial charge in [-0.15, -0.1) is 0 Å². The molecule has 0 spiro atoms. The minimum atomic E-state index is -5.21. The van der Waals surface area contributed by atoms with Gasteiger partial charge in [0.05, 0.1) is 21.9 Å². The summed E-state index contributed by atoms with van der Waals surface area (Å²) in [6.45, 7) is 0. The number of allylic oxidation sites excluding steroid dienone is 1. The zero-order valence-electron chi connectivity index (χ0n) is 11.2. The lowest BCUT2D eigenvalue weighted by atomic mass is 10.1. The van der Waals surface area contributed by atoms with Gasteiger partial charge in [-0.25, -0.2) is 0 Å². The Balaban J connectivity index is 3.43. The Morgan fingerprint density at radius 2 is 1.77 bits per heavy atom. The molecule has 0 saturated carbocycles. The summed E-state index contributed by atoms with van der Waals surface area (Å²) < 4.78 is 75.2. The number of Topliss-reactive ketones (excluding diaryl/α,β-unsaturated/α-hetero) is 1. The Morgan fingerprint density at radius 3 is 2.14 bits per heavy atom. The number of aromatic nitrogens is 1. The molecule has 0 aliphatic rings. The molecule has 0 aliphatic carbocycles. The van der Waals surface area contributed by atoms with Crippen LogP contribution in [-0.2, 0) is 11.0 Å². The second-order valence-corrected chi connectivity index (χ2v) is 4.79. The molecule has 0 bridgehead atoms. The van der Waals surface area contributed by atoms with Crippen LogP contribution >= 0.6 is 11.6 Å². The number of alkyl halides is 6. The van der Waals surface area contributed by atoms with E-state index < -0.39 is 40.0 Å². The van der Waals surface area contributed by atoms with Crippen molar-refractivity contribution < 1.29 is 31.1 Å². The first-order valence-corrected chi connectivity index (χ1v) is 5.94. The van der Waals surface area contributed by atoms with Crippen LogP contribution < -0.4 is 0 Å². The van der Waals surface area contributed by atoms with Crippen molar-refractivity contribution in [2.45, 2.75) is 12.4 Å². The highest BCUT2D eigenvalue weighted by molar-refractivity contribution is 6.35. The van der Waals surface area contributed by atoms with E-state index >= 15 is 0 Å². The van der Waals surface area contributed by atoms with E-state index in [-0.39, 0.29) is 0 Å². The highest BCUT2D eigenvalue weighted by Gasteiger charge is 2.42. The van der Waals surface area contributed by atoms with Gasteiger partial charge in [0, 0.05) is 26.5 Å². The summed E-state index contributed by atoms with van der Waals surface area (Å²) in [7, 11) is 2.67. The standard InChI is InChI=1S/C12H9ClF6N2O/c1-21(2)5-7(10(22)12(17,18)19)9-8(13)3-6(4-20-9)11(14,15)16/h3-5H,1-2H3/b7-5-. The van der Waals surface area contributed by atoms with Gasteiger partial charge in [-0.3, -0.25) is 9.78 Å². The van der Waals surface area contributed by atoms with Gasteiger partial charge in [-0.1, -0.05) is 11.6 Å². The fourth-order valence-corrected chi connectivity index (χ4v) is 1.70. The molecule has 0 amide bonds. The van der Waals surface area contributed by atoms with E-state index in [1.807, 2.05) is 0 Å². The number of carbonyl (C=O) groups is 1. The summed E-state index contributed by atoms with van der Waals surface area (Å²) in [4.78, 5) is 15.8. The Labute approximate surface area is 126 Å². The lowest BCUT2D eigenvalue weighted by Gasteiger charge is -2.15. The first-order chi connectivity index (χ1) is 9.84. The first kappa shape index (κ1) is 18.3. The van der Waals surface area contributed by atoms with Crippen molar-refractivity contribution in [1.82, 2.24) is 9.88 Å². The van der Waals surface area contributed by atoms with E-state index in [0.29, 0.717) is 12.3 Å². The summed E-state index contributed by atoms with van der Waals surface area (Å²) >= 11 is 5.57. The molecule has 1 heterocycles. The predicted molar refractivity (Wildman–Crippen MR) is 67.0 cm³/mol. The third kappa shape index (κ3) is 4.36. The molecule has 0 saturated heterocycles. The zero-order valence-corrected chi connectivity index (χ0v) is 11.9. The van der Waals surface area contributed by atoms with E-state index in [1.54, 1.807) is 0 Å². The lowest BCUT2D eigenvalue weighted by molar-refractivity contribution is -0.164. The number of carbonyl (C=O) groups excluding carboxylic acids is 1.